The first-order chi connectivity index (χ1) is 9.24. The van der Waals surface area contributed by atoms with Crippen LogP contribution < -0.4 is 5.32 Å². The minimum atomic E-state index is 0.436. The second kappa shape index (κ2) is 5.59. The first-order valence-corrected chi connectivity index (χ1v) is 7.52. The molecule has 5 nitrogen and oxygen atoms in total. The van der Waals surface area contributed by atoms with Crippen molar-refractivity contribution in [1.82, 2.24) is 20.4 Å². The first-order valence-electron chi connectivity index (χ1n) is 7.52. The molecule has 106 valence electrons. The van der Waals surface area contributed by atoms with Crippen LogP contribution in [0.5, 0.6) is 0 Å². The lowest BCUT2D eigenvalue weighted by molar-refractivity contribution is 0.265. The molecular formula is C14H24N4O. The van der Waals surface area contributed by atoms with Gasteiger partial charge in [0.25, 0.3) is 0 Å². The Hall–Kier alpha value is -0.940. The molecule has 0 aromatic carbocycles. The van der Waals surface area contributed by atoms with Crippen LogP contribution in [0.15, 0.2) is 4.52 Å². The lowest BCUT2D eigenvalue weighted by Gasteiger charge is -2.19. The van der Waals surface area contributed by atoms with E-state index in [2.05, 4.69) is 34.2 Å². The van der Waals surface area contributed by atoms with Gasteiger partial charge < -0.3 is 14.7 Å². The molecular weight excluding hydrogens is 240 g/mol. The largest absolute Gasteiger partial charge is 0.339 e. The van der Waals surface area contributed by atoms with Gasteiger partial charge in [0.1, 0.15) is 0 Å². The van der Waals surface area contributed by atoms with Crippen molar-refractivity contribution in [2.45, 2.75) is 51.0 Å². The smallest absolute Gasteiger partial charge is 0.231 e. The Labute approximate surface area is 114 Å². The summed E-state index contributed by atoms with van der Waals surface area (Å²) in [5, 5.41) is 7.59. The maximum Gasteiger partial charge on any atom is 0.231 e. The molecule has 1 unspecified atom stereocenters. The van der Waals surface area contributed by atoms with E-state index < -0.39 is 0 Å². The highest BCUT2D eigenvalue weighted by Crippen LogP contribution is 2.29. The molecule has 5 heteroatoms. The van der Waals surface area contributed by atoms with Gasteiger partial charge in [-0.05, 0) is 52.7 Å². The third-order valence-corrected chi connectivity index (χ3v) is 4.46. The van der Waals surface area contributed by atoms with Gasteiger partial charge in [-0.3, -0.25) is 0 Å². The summed E-state index contributed by atoms with van der Waals surface area (Å²) >= 11 is 0. The van der Waals surface area contributed by atoms with Crippen molar-refractivity contribution >= 4 is 0 Å². The van der Waals surface area contributed by atoms with E-state index in [1.165, 1.54) is 0 Å². The SMILES string of the molecule is CC(C)N1CCC(c2nc(C3CCNCC3)no2)C1. The lowest BCUT2D eigenvalue weighted by Crippen LogP contribution is -2.28. The van der Waals surface area contributed by atoms with Gasteiger partial charge in [0.15, 0.2) is 5.82 Å². The van der Waals surface area contributed by atoms with Crippen molar-refractivity contribution in [3.05, 3.63) is 11.7 Å². The maximum atomic E-state index is 5.52. The van der Waals surface area contributed by atoms with E-state index in [1.54, 1.807) is 0 Å². The number of hydrogen-bond acceptors (Lipinski definition) is 5. The standard InChI is InChI=1S/C14H24N4O/c1-10(2)18-8-5-12(9-18)14-16-13(17-19-14)11-3-6-15-7-4-11/h10-12,15H,3-9H2,1-2H3. The first kappa shape index (κ1) is 13.1. The highest BCUT2D eigenvalue weighted by molar-refractivity contribution is 5.03. The van der Waals surface area contributed by atoms with E-state index in [1.807, 2.05) is 0 Å². The molecule has 0 amide bonds. The predicted molar refractivity (Wildman–Crippen MR) is 73.2 cm³/mol. The number of rotatable bonds is 3. The lowest BCUT2D eigenvalue weighted by atomic mass is 9.97. The second-order valence-electron chi connectivity index (χ2n) is 6.09. The van der Waals surface area contributed by atoms with Crippen LogP contribution >= 0.6 is 0 Å². The fourth-order valence-corrected chi connectivity index (χ4v) is 3.12. The Morgan fingerprint density at radius 2 is 2.00 bits per heavy atom. The quantitative estimate of drug-likeness (QED) is 0.901. The summed E-state index contributed by atoms with van der Waals surface area (Å²) < 4.78 is 5.52. The van der Waals surface area contributed by atoms with E-state index in [9.17, 15) is 0 Å². The van der Waals surface area contributed by atoms with Gasteiger partial charge in [0, 0.05) is 18.5 Å². The fraction of sp³-hybridized carbons (Fsp3) is 0.857. The average molecular weight is 264 g/mol. The molecule has 2 fully saturated rings. The van der Waals surface area contributed by atoms with E-state index in [0.29, 0.717) is 17.9 Å². The zero-order valence-corrected chi connectivity index (χ0v) is 11.9. The Morgan fingerprint density at radius 3 is 2.68 bits per heavy atom. The van der Waals surface area contributed by atoms with Gasteiger partial charge in [0.2, 0.25) is 5.89 Å². The number of likely N-dealkylation sites (tertiary alicyclic amines) is 1. The average Bonchev–Trinajstić information content (AvgIpc) is 3.09. The van der Waals surface area contributed by atoms with Crippen LogP contribution in [0.4, 0.5) is 0 Å². The fourth-order valence-electron chi connectivity index (χ4n) is 3.12. The summed E-state index contributed by atoms with van der Waals surface area (Å²) in [5.41, 5.74) is 0. The zero-order chi connectivity index (χ0) is 13.2. The van der Waals surface area contributed by atoms with Gasteiger partial charge in [-0.15, -0.1) is 0 Å². The molecule has 2 saturated heterocycles. The third-order valence-electron chi connectivity index (χ3n) is 4.46. The minimum absolute atomic E-state index is 0.436. The molecule has 3 rings (SSSR count). The molecule has 0 saturated carbocycles. The van der Waals surface area contributed by atoms with Crippen molar-refractivity contribution in [3.8, 4) is 0 Å². The van der Waals surface area contributed by atoms with Gasteiger partial charge in [0.05, 0.1) is 5.92 Å². The molecule has 1 aromatic rings. The summed E-state index contributed by atoms with van der Waals surface area (Å²) in [4.78, 5) is 7.16. The topological polar surface area (TPSA) is 54.2 Å². The van der Waals surface area contributed by atoms with E-state index in [4.69, 9.17) is 4.52 Å². The molecule has 1 atom stereocenters. The Balaban J connectivity index is 1.65. The second-order valence-corrected chi connectivity index (χ2v) is 6.09. The molecule has 2 aliphatic rings. The van der Waals surface area contributed by atoms with Crippen molar-refractivity contribution in [1.29, 1.82) is 0 Å². The summed E-state index contributed by atoms with van der Waals surface area (Å²) in [6, 6.07) is 0.608. The molecule has 1 N–H and O–H groups in total. The van der Waals surface area contributed by atoms with Crippen molar-refractivity contribution in [2.75, 3.05) is 26.2 Å². The molecule has 19 heavy (non-hydrogen) atoms. The number of aromatic nitrogens is 2. The molecule has 1 aromatic heterocycles. The van der Waals surface area contributed by atoms with Gasteiger partial charge in [-0.2, -0.15) is 4.98 Å². The summed E-state index contributed by atoms with van der Waals surface area (Å²) in [6.07, 6.45) is 3.40. The molecule has 0 radical (unpaired) electrons. The van der Waals surface area contributed by atoms with Crippen LogP contribution in [0, 0.1) is 0 Å². The Kier molecular flexibility index (Phi) is 3.84. The van der Waals surface area contributed by atoms with Crippen LogP contribution in [0.3, 0.4) is 0 Å². The summed E-state index contributed by atoms with van der Waals surface area (Å²) in [5.74, 6) is 2.71. The van der Waals surface area contributed by atoms with Gasteiger partial charge >= 0.3 is 0 Å². The predicted octanol–water partition coefficient (Wildman–Crippen LogP) is 1.73. The summed E-state index contributed by atoms with van der Waals surface area (Å²) in [6.45, 7) is 8.84. The molecule has 0 bridgehead atoms. The number of nitrogens with zero attached hydrogens (tertiary/aromatic N) is 3. The maximum absolute atomic E-state index is 5.52. The van der Waals surface area contributed by atoms with Gasteiger partial charge in [-0.1, -0.05) is 5.16 Å². The van der Waals surface area contributed by atoms with Crippen LogP contribution in [0.2, 0.25) is 0 Å². The molecule has 3 heterocycles. The zero-order valence-electron chi connectivity index (χ0n) is 11.9. The molecule has 0 aliphatic carbocycles. The van der Waals surface area contributed by atoms with Crippen molar-refractivity contribution < 1.29 is 4.52 Å². The third kappa shape index (κ3) is 2.82. The van der Waals surface area contributed by atoms with E-state index in [-0.39, 0.29) is 0 Å². The Morgan fingerprint density at radius 1 is 1.21 bits per heavy atom. The number of hydrogen-bond donors (Lipinski definition) is 1. The van der Waals surface area contributed by atoms with Crippen LogP contribution in [-0.4, -0.2) is 47.3 Å². The number of nitrogens with one attached hydrogen (secondary N) is 1. The highest BCUT2D eigenvalue weighted by atomic mass is 16.5. The van der Waals surface area contributed by atoms with Gasteiger partial charge in [-0.25, -0.2) is 0 Å². The monoisotopic (exact) mass is 264 g/mol. The van der Waals surface area contributed by atoms with Crippen molar-refractivity contribution in [3.63, 3.8) is 0 Å². The summed E-state index contributed by atoms with van der Waals surface area (Å²) in [7, 11) is 0. The number of piperidine rings is 1. The van der Waals surface area contributed by atoms with Crippen LogP contribution in [0.1, 0.15) is 56.7 Å². The normalized spacial score (nSPS) is 26.4. The van der Waals surface area contributed by atoms with Crippen LogP contribution in [0.25, 0.3) is 0 Å². The minimum Gasteiger partial charge on any atom is -0.339 e. The van der Waals surface area contributed by atoms with E-state index >= 15 is 0 Å². The van der Waals surface area contributed by atoms with Crippen LogP contribution in [-0.2, 0) is 0 Å². The van der Waals surface area contributed by atoms with E-state index in [0.717, 1.165) is 57.2 Å². The van der Waals surface area contributed by atoms with Crippen molar-refractivity contribution in [2.24, 2.45) is 0 Å². The highest BCUT2D eigenvalue weighted by Gasteiger charge is 2.30. The molecule has 2 aliphatic heterocycles. The molecule has 0 spiro atoms. The Bertz CT molecular complexity index is 411.